The maximum atomic E-state index is 6.14. The summed E-state index contributed by atoms with van der Waals surface area (Å²) >= 11 is 6.14. The Morgan fingerprint density at radius 2 is 2.00 bits per heavy atom. The van der Waals surface area contributed by atoms with Crippen LogP contribution in [0.4, 0.5) is 0 Å². The summed E-state index contributed by atoms with van der Waals surface area (Å²) in [6, 6.07) is 11.1. The largest absolute Gasteiger partial charge is 0.334 e. The summed E-state index contributed by atoms with van der Waals surface area (Å²) in [7, 11) is 0. The van der Waals surface area contributed by atoms with Crippen molar-refractivity contribution in [1.82, 2.24) is 24.7 Å². The maximum Gasteiger partial charge on any atom is 0.259 e. The van der Waals surface area contributed by atoms with E-state index in [2.05, 4.69) is 20.1 Å². The van der Waals surface area contributed by atoms with Gasteiger partial charge in [0, 0.05) is 24.2 Å². The van der Waals surface area contributed by atoms with Gasteiger partial charge in [-0.2, -0.15) is 4.98 Å². The van der Waals surface area contributed by atoms with Crippen LogP contribution in [-0.2, 0) is 0 Å². The molecule has 0 N–H and O–H groups in total. The van der Waals surface area contributed by atoms with Crippen molar-refractivity contribution < 1.29 is 4.52 Å². The first-order valence-electron chi connectivity index (χ1n) is 6.84. The second-order valence-corrected chi connectivity index (χ2v) is 5.19. The van der Waals surface area contributed by atoms with Crippen LogP contribution >= 0.6 is 11.6 Å². The molecule has 1 aromatic carbocycles. The molecule has 3 aromatic heterocycles. The van der Waals surface area contributed by atoms with Crippen molar-refractivity contribution in [2.24, 2.45) is 0 Å². The van der Waals surface area contributed by atoms with E-state index < -0.39 is 0 Å². The van der Waals surface area contributed by atoms with Crippen molar-refractivity contribution in [1.29, 1.82) is 0 Å². The highest BCUT2D eigenvalue weighted by Crippen LogP contribution is 2.27. The van der Waals surface area contributed by atoms with Crippen molar-refractivity contribution >= 4 is 11.6 Å². The molecule has 0 bridgehead atoms. The van der Waals surface area contributed by atoms with E-state index in [0.29, 0.717) is 22.3 Å². The number of imidazole rings is 1. The molecular formula is C16H10ClN5O. The Bertz CT molecular complexity index is 931. The Hall–Kier alpha value is -2.99. The Labute approximate surface area is 136 Å². The van der Waals surface area contributed by atoms with Gasteiger partial charge in [0.15, 0.2) is 0 Å². The quantitative estimate of drug-likeness (QED) is 0.575. The van der Waals surface area contributed by atoms with E-state index in [1.54, 1.807) is 24.8 Å². The normalized spacial score (nSPS) is 10.8. The molecule has 4 aromatic rings. The van der Waals surface area contributed by atoms with Gasteiger partial charge in [0.25, 0.3) is 5.89 Å². The number of hydrogen-bond donors (Lipinski definition) is 0. The highest BCUT2D eigenvalue weighted by atomic mass is 35.5. The summed E-state index contributed by atoms with van der Waals surface area (Å²) in [4.78, 5) is 12.8. The Morgan fingerprint density at radius 3 is 2.74 bits per heavy atom. The number of aromatic nitrogens is 5. The van der Waals surface area contributed by atoms with E-state index in [-0.39, 0.29) is 0 Å². The molecule has 6 nitrogen and oxygen atoms in total. The molecule has 0 saturated heterocycles. The lowest BCUT2D eigenvalue weighted by Gasteiger charge is -2.00. The van der Waals surface area contributed by atoms with Gasteiger partial charge in [-0.3, -0.25) is 4.57 Å². The second-order valence-electron chi connectivity index (χ2n) is 4.78. The molecule has 0 radical (unpaired) electrons. The summed E-state index contributed by atoms with van der Waals surface area (Å²) in [5.41, 5.74) is 1.46. The zero-order chi connectivity index (χ0) is 15.6. The van der Waals surface area contributed by atoms with Gasteiger partial charge in [0.1, 0.15) is 12.1 Å². The lowest BCUT2D eigenvalue weighted by atomic mass is 10.2. The lowest BCUT2D eigenvalue weighted by molar-refractivity contribution is 0.432. The van der Waals surface area contributed by atoms with Crippen molar-refractivity contribution in [2.45, 2.75) is 0 Å². The Kier molecular flexibility index (Phi) is 3.36. The molecule has 0 aliphatic heterocycles. The molecule has 0 aliphatic carbocycles. The number of halogens is 1. The first-order chi connectivity index (χ1) is 11.3. The Balaban J connectivity index is 1.66. The van der Waals surface area contributed by atoms with E-state index in [1.165, 1.54) is 0 Å². The molecule has 0 fully saturated rings. The molecule has 112 valence electrons. The monoisotopic (exact) mass is 323 g/mol. The predicted molar refractivity (Wildman–Crippen MR) is 85.1 cm³/mol. The molecule has 0 aliphatic rings. The summed E-state index contributed by atoms with van der Waals surface area (Å²) < 4.78 is 7.11. The van der Waals surface area contributed by atoms with Crippen molar-refractivity contribution in [3.8, 4) is 28.7 Å². The average molecular weight is 324 g/mol. The summed E-state index contributed by atoms with van der Waals surface area (Å²) in [6.45, 7) is 0. The van der Waals surface area contributed by atoms with Crippen molar-refractivity contribution in [3.05, 3.63) is 66.3 Å². The van der Waals surface area contributed by atoms with E-state index >= 15 is 0 Å². The molecule has 4 rings (SSSR count). The minimum absolute atomic E-state index is 0.379. The molecular weight excluding hydrogens is 314 g/mol. The minimum Gasteiger partial charge on any atom is -0.334 e. The van der Waals surface area contributed by atoms with Crippen LogP contribution in [0.3, 0.4) is 0 Å². The fraction of sp³-hybridized carbons (Fsp3) is 0. The smallest absolute Gasteiger partial charge is 0.259 e. The van der Waals surface area contributed by atoms with Gasteiger partial charge in [-0.05, 0) is 24.3 Å². The van der Waals surface area contributed by atoms with Crippen LogP contribution in [0.15, 0.2) is 65.8 Å². The highest BCUT2D eigenvalue weighted by Gasteiger charge is 2.13. The van der Waals surface area contributed by atoms with Crippen LogP contribution in [0, 0.1) is 0 Å². The third kappa shape index (κ3) is 2.60. The number of benzene rings is 1. The molecule has 23 heavy (non-hydrogen) atoms. The fourth-order valence-corrected chi connectivity index (χ4v) is 2.37. The van der Waals surface area contributed by atoms with Crippen LogP contribution in [0.1, 0.15) is 0 Å². The number of pyridine rings is 1. The molecule has 0 amide bonds. The minimum atomic E-state index is 0.379. The van der Waals surface area contributed by atoms with Gasteiger partial charge < -0.3 is 4.52 Å². The van der Waals surface area contributed by atoms with E-state index in [0.717, 1.165) is 11.4 Å². The van der Waals surface area contributed by atoms with Crippen LogP contribution in [0.5, 0.6) is 0 Å². The van der Waals surface area contributed by atoms with E-state index in [1.807, 2.05) is 41.1 Å². The standard InChI is InChI=1S/C16H10ClN5O/c17-13-4-2-1-3-12(13)16-20-15(21-23-16)11-5-6-14(19-9-11)22-8-7-18-10-22/h1-10H. The first-order valence-corrected chi connectivity index (χ1v) is 7.22. The van der Waals surface area contributed by atoms with Gasteiger partial charge in [-0.1, -0.05) is 28.9 Å². The average Bonchev–Trinajstić information content (AvgIpc) is 3.27. The third-order valence-electron chi connectivity index (χ3n) is 3.31. The van der Waals surface area contributed by atoms with Gasteiger partial charge >= 0.3 is 0 Å². The fourth-order valence-electron chi connectivity index (χ4n) is 2.15. The van der Waals surface area contributed by atoms with Crippen molar-refractivity contribution in [2.75, 3.05) is 0 Å². The summed E-state index contributed by atoms with van der Waals surface area (Å²) in [6.07, 6.45) is 6.90. The predicted octanol–water partition coefficient (Wildman–Crippen LogP) is 3.64. The molecule has 3 heterocycles. The SMILES string of the molecule is Clc1ccccc1-c1nc(-c2ccc(-n3ccnc3)nc2)no1. The molecule has 0 spiro atoms. The van der Waals surface area contributed by atoms with Gasteiger partial charge in [-0.15, -0.1) is 0 Å². The topological polar surface area (TPSA) is 69.6 Å². The molecule has 0 atom stereocenters. The molecule has 0 unspecified atom stereocenters. The number of rotatable bonds is 3. The zero-order valence-corrected chi connectivity index (χ0v) is 12.6. The number of nitrogens with zero attached hydrogens (tertiary/aromatic N) is 5. The summed E-state index contributed by atoms with van der Waals surface area (Å²) in [5.74, 6) is 1.61. The number of hydrogen-bond acceptors (Lipinski definition) is 5. The molecule has 7 heteroatoms. The van der Waals surface area contributed by atoms with E-state index in [4.69, 9.17) is 16.1 Å². The maximum absolute atomic E-state index is 6.14. The summed E-state index contributed by atoms with van der Waals surface area (Å²) in [5, 5.41) is 4.56. The third-order valence-corrected chi connectivity index (χ3v) is 3.63. The van der Waals surface area contributed by atoms with Gasteiger partial charge in [-0.25, -0.2) is 9.97 Å². The van der Waals surface area contributed by atoms with Crippen LogP contribution < -0.4 is 0 Å². The highest BCUT2D eigenvalue weighted by molar-refractivity contribution is 6.33. The van der Waals surface area contributed by atoms with E-state index in [9.17, 15) is 0 Å². The Morgan fingerprint density at radius 1 is 1.09 bits per heavy atom. The van der Waals surface area contributed by atoms with Crippen LogP contribution in [-0.4, -0.2) is 24.7 Å². The lowest BCUT2D eigenvalue weighted by Crippen LogP contribution is -1.94. The second kappa shape index (κ2) is 5.66. The van der Waals surface area contributed by atoms with Gasteiger partial charge in [0.2, 0.25) is 5.82 Å². The zero-order valence-electron chi connectivity index (χ0n) is 11.8. The van der Waals surface area contributed by atoms with Crippen molar-refractivity contribution in [3.63, 3.8) is 0 Å². The molecule has 0 saturated carbocycles. The van der Waals surface area contributed by atoms with Crippen LogP contribution in [0.25, 0.3) is 28.7 Å². The van der Waals surface area contributed by atoms with Crippen LogP contribution in [0.2, 0.25) is 5.02 Å². The van der Waals surface area contributed by atoms with Gasteiger partial charge in [0.05, 0.1) is 10.6 Å². The first kappa shape index (κ1) is 13.7.